The molecule has 0 atom stereocenters. The summed E-state index contributed by atoms with van der Waals surface area (Å²) in [6.07, 6.45) is 0. The predicted octanol–water partition coefficient (Wildman–Crippen LogP) is 4.35. The monoisotopic (exact) mass is 411 g/mol. The highest BCUT2D eigenvalue weighted by atomic mass is 19.3. The Kier molecular flexibility index (Phi) is 7.10. The molecule has 0 aromatic heterocycles. The number of ether oxygens (including phenoxy) is 2. The standard InChI is InChI=1S/C23H19F2NO4/c24-23(25)30-19-13-11-18(12-14-19)22(28)29-15-20(27)26-21(16-7-3-1-4-8-16)17-9-5-2-6-10-17/h1-14,21,23H,15H2,(H,26,27). The summed E-state index contributed by atoms with van der Waals surface area (Å²) in [7, 11) is 0. The van der Waals surface area contributed by atoms with Crippen molar-refractivity contribution in [1.29, 1.82) is 0 Å². The quantitative estimate of drug-likeness (QED) is 0.560. The molecule has 0 fully saturated rings. The summed E-state index contributed by atoms with van der Waals surface area (Å²) in [5.41, 5.74) is 1.89. The van der Waals surface area contributed by atoms with Gasteiger partial charge in [-0.05, 0) is 35.4 Å². The van der Waals surface area contributed by atoms with Crippen LogP contribution in [0.15, 0.2) is 84.9 Å². The molecule has 7 heteroatoms. The third-order valence-corrected chi connectivity index (χ3v) is 4.22. The van der Waals surface area contributed by atoms with E-state index < -0.39 is 31.1 Å². The molecule has 0 saturated carbocycles. The van der Waals surface area contributed by atoms with Crippen molar-refractivity contribution in [2.45, 2.75) is 12.7 Å². The third-order valence-electron chi connectivity index (χ3n) is 4.22. The largest absolute Gasteiger partial charge is 0.452 e. The second kappa shape index (κ2) is 10.2. The van der Waals surface area contributed by atoms with Gasteiger partial charge in [-0.3, -0.25) is 4.79 Å². The molecule has 0 bridgehead atoms. The molecule has 1 amide bonds. The van der Waals surface area contributed by atoms with E-state index in [1.807, 2.05) is 60.7 Å². The Bertz CT molecular complexity index is 924. The van der Waals surface area contributed by atoms with Crippen molar-refractivity contribution in [3.05, 3.63) is 102 Å². The fraction of sp³-hybridized carbons (Fsp3) is 0.130. The van der Waals surface area contributed by atoms with Crippen molar-refractivity contribution >= 4 is 11.9 Å². The maximum atomic E-state index is 12.4. The molecule has 3 aromatic rings. The number of alkyl halides is 2. The summed E-state index contributed by atoms with van der Waals surface area (Å²) < 4.78 is 33.6. The molecule has 0 unspecified atom stereocenters. The Morgan fingerprint density at radius 2 is 1.33 bits per heavy atom. The van der Waals surface area contributed by atoms with E-state index in [0.29, 0.717) is 0 Å². The molecule has 0 spiro atoms. The summed E-state index contributed by atoms with van der Waals surface area (Å²) in [6, 6.07) is 23.5. The summed E-state index contributed by atoms with van der Waals surface area (Å²) in [5, 5.41) is 2.87. The van der Waals surface area contributed by atoms with E-state index >= 15 is 0 Å². The van der Waals surface area contributed by atoms with Crippen LogP contribution < -0.4 is 10.1 Å². The van der Waals surface area contributed by atoms with Crippen LogP contribution in [0.2, 0.25) is 0 Å². The number of hydrogen-bond acceptors (Lipinski definition) is 4. The lowest BCUT2D eigenvalue weighted by Gasteiger charge is -2.20. The molecule has 0 heterocycles. The fourth-order valence-electron chi connectivity index (χ4n) is 2.84. The molecule has 0 aliphatic heterocycles. The van der Waals surface area contributed by atoms with Crippen molar-refractivity contribution in [2.24, 2.45) is 0 Å². The maximum Gasteiger partial charge on any atom is 0.387 e. The zero-order valence-corrected chi connectivity index (χ0v) is 15.8. The van der Waals surface area contributed by atoms with Crippen LogP contribution in [0.4, 0.5) is 8.78 Å². The summed E-state index contributed by atoms with van der Waals surface area (Å²) in [6.45, 7) is -3.43. The Morgan fingerprint density at radius 1 is 0.800 bits per heavy atom. The number of carbonyl (C=O) groups is 2. The zero-order chi connectivity index (χ0) is 21.3. The van der Waals surface area contributed by atoms with Gasteiger partial charge in [0.15, 0.2) is 6.61 Å². The van der Waals surface area contributed by atoms with Crippen LogP contribution in [0.25, 0.3) is 0 Å². The van der Waals surface area contributed by atoms with E-state index in [4.69, 9.17) is 4.74 Å². The molecule has 3 rings (SSSR count). The van der Waals surface area contributed by atoms with Crippen LogP contribution in [0.5, 0.6) is 5.75 Å². The molecule has 0 saturated heterocycles. The Morgan fingerprint density at radius 3 is 1.83 bits per heavy atom. The zero-order valence-electron chi connectivity index (χ0n) is 15.8. The van der Waals surface area contributed by atoms with Crippen LogP contribution in [0.3, 0.4) is 0 Å². The Balaban J connectivity index is 1.61. The first-order valence-electron chi connectivity index (χ1n) is 9.14. The maximum absolute atomic E-state index is 12.4. The van der Waals surface area contributed by atoms with Crippen molar-refractivity contribution in [3.8, 4) is 5.75 Å². The number of halogens is 2. The lowest BCUT2D eigenvalue weighted by molar-refractivity contribution is -0.124. The highest BCUT2D eigenvalue weighted by Gasteiger charge is 2.18. The summed E-state index contributed by atoms with van der Waals surface area (Å²) in [4.78, 5) is 24.5. The molecular weight excluding hydrogens is 392 g/mol. The average molecular weight is 411 g/mol. The normalized spacial score (nSPS) is 10.7. The van der Waals surface area contributed by atoms with Gasteiger partial charge in [-0.1, -0.05) is 60.7 Å². The highest BCUT2D eigenvalue weighted by Crippen LogP contribution is 2.21. The average Bonchev–Trinajstić information content (AvgIpc) is 2.77. The first-order valence-corrected chi connectivity index (χ1v) is 9.14. The van der Waals surface area contributed by atoms with Crippen molar-refractivity contribution in [2.75, 3.05) is 6.61 Å². The molecule has 3 aromatic carbocycles. The summed E-state index contributed by atoms with van der Waals surface area (Å²) in [5.74, 6) is -1.30. The van der Waals surface area contributed by atoms with Gasteiger partial charge in [-0.25, -0.2) is 4.79 Å². The fourth-order valence-corrected chi connectivity index (χ4v) is 2.84. The Hall–Kier alpha value is -3.74. The van der Waals surface area contributed by atoms with Gasteiger partial charge in [0.25, 0.3) is 5.91 Å². The molecule has 154 valence electrons. The van der Waals surface area contributed by atoms with Crippen molar-refractivity contribution in [1.82, 2.24) is 5.32 Å². The number of rotatable bonds is 8. The van der Waals surface area contributed by atoms with Crippen LogP contribution >= 0.6 is 0 Å². The predicted molar refractivity (Wildman–Crippen MR) is 106 cm³/mol. The molecular formula is C23H19F2NO4. The topological polar surface area (TPSA) is 64.6 Å². The van der Waals surface area contributed by atoms with E-state index in [0.717, 1.165) is 11.1 Å². The first kappa shape index (κ1) is 21.0. The number of esters is 1. The van der Waals surface area contributed by atoms with Crippen LogP contribution in [-0.2, 0) is 9.53 Å². The van der Waals surface area contributed by atoms with Gasteiger partial charge in [-0.2, -0.15) is 8.78 Å². The molecule has 0 aliphatic carbocycles. The number of carbonyl (C=O) groups excluding carboxylic acids is 2. The second-order valence-electron chi connectivity index (χ2n) is 6.30. The van der Waals surface area contributed by atoms with E-state index in [1.54, 1.807) is 0 Å². The number of nitrogens with one attached hydrogen (secondary N) is 1. The van der Waals surface area contributed by atoms with Crippen LogP contribution in [0, 0.1) is 0 Å². The van der Waals surface area contributed by atoms with Crippen LogP contribution in [0.1, 0.15) is 27.5 Å². The van der Waals surface area contributed by atoms with E-state index in [9.17, 15) is 18.4 Å². The molecule has 0 aliphatic rings. The second-order valence-corrected chi connectivity index (χ2v) is 6.30. The number of hydrogen-bond donors (Lipinski definition) is 1. The molecule has 1 N–H and O–H groups in total. The van der Waals surface area contributed by atoms with Gasteiger partial charge < -0.3 is 14.8 Å². The number of amides is 1. The van der Waals surface area contributed by atoms with Gasteiger partial charge >= 0.3 is 12.6 Å². The van der Waals surface area contributed by atoms with Gasteiger partial charge in [0, 0.05) is 0 Å². The minimum atomic E-state index is -2.95. The molecule has 5 nitrogen and oxygen atoms in total. The third kappa shape index (κ3) is 5.88. The Labute approximate surface area is 172 Å². The minimum absolute atomic E-state index is 0.0761. The minimum Gasteiger partial charge on any atom is -0.452 e. The van der Waals surface area contributed by atoms with Crippen molar-refractivity contribution in [3.63, 3.8) is 0 Å². The van der Waals surface area contributed by atoms with Gasteiger partial charge in [-0.15, -0.1) is 0 Å². The molecule has 30 heavy (non-hydrogen) atoms. The number of benzene rings is 3. The van der Waals surface area contributed by atoms with Gasteiger partial charge in [0.1, 0.15) is 5.75 Å². The van der Waals surface area contributed by atoms with Gasteiger partial charge in [0.2, 0.25) is 0 Å². The summed E-state index contributed by atoms with van der Waals surface area (Å²) >= 11 is 0. The first-order chi connectivity index (χ1) is 14.5. The highest BCUT2D eigenvalue weighted by molar-refractivity contribution is 5.91. The smallest absolute Gasteiger partial charge is 0.387 e. The van der Waals surface area contributed by atoms with Crippen molar-refractivity contribution < 1.29 is 27.8 Å². The van der Waals surface area contributed by atoms with E-state index in [1.165, 1.54) is 24.3 Å². The lowest BCUT2D eigenvalue weighted by atomic mass is 9.99. The SMILES string of the molecule is O=C(COC(=O)c1ccc(OC(F)F)cc1)NC(c1ccccc1)c1ccccc1. The van der Waals surface area contributed by atoms with E-state index in [-0.39, 0.29) is 11.3 Å². The van der Waals surface area contributed by atoms with Gasteiger partial charge in [0.05, 0.1) is 11.6 Å². The molecule has 0 radical (unpaired) electrons. The van der Waals surface area contributed by atoms with E-state index in [2.05, 4.69) is 10.1 Å². The lowest BCUT2D eigenvalue weighted by Crippen LogP contribution is -2.33. The van der Waals surface area contributed by atoms with Crippen LogP contribution in [-0.4, -0.2) is 25.1 Å².